The van der Waals surface area contributed by atoms with Gasteiger partial charge in [0.25, 0.3) is 0 Å². The van der Waals surface area contributed by atoms with Crippen molar-refractivity contribution in [3.8, 4) is 0 Å². The molecular weight excluding hydrogens is 258 g/mol. The molecule has 0 unspecified atom stereocenters. The van der Waals surface area contributed by atoms with Crippen molar-refractivity contribution in [2.24, 2.45) is 11.8 Å². The molecular formula is C11H12ClN3O3. The van der Waals surface area contributed by atoms with E-state index in [4.69, 9.17) is 16.7 Å². The van der Waals surface area contributed by atoms with Crippen LogP contribution < -0.4 is 5.32 Å². The number of halogens is 1. The molecule has 1 heterocycles. The lowest BCUT2D eigenvalue weighted by Crippen LogP contribution is -2.22. The number of anilines is 1. The van der Waals surface area contributed by atoms with E-state index in [0.29, 0.717) is 19.3 Å². The molecule has 1 aromatic rings. The van der Waals surface area contributed by atoms with Gasteiger partial charge in [-0.15, -0.1) is 0 Å². The lowest BCUT2D eigenvalue weighted by molar-refractivity contribution is -0.141. The van der Waals surface area contributed by atoms with Crippen molar-refractivity contribution >= 4 is 29.4 Å². The van der Waals surface area contributed by atoms with Crippen molar-refractivity contribution in [3.63, 3.8) is 0 Å². The first-order chi connectivity index (χ1) is 8.56. The van der Waals surface area contributed by atoms with Crippen LogP contribution in [0.2, 0.25) is 5.15 Å². The highest BCUT2D eigenvalue weighted by molar-refractivity contribution is 6.29. The second-order valence-corrected chi connectivity index (χ2v) is 4.62. The van der Waals surface area contributed by atoms with Crippen molar-refractivity contribution in [3.05, 3.63) is 17.4 Å². The van der Waals surface area contributed by atoms with E-state index < -0.39 is 11.9 Å². The highest BCUT2D eigenvalue weighted by Gasteiger charge is 2.34. The highest BCUT2D eigenvalue weighted by Crippen LogP contribution is 2.31. The first-order valence-corrected chi connectivity index (χ1v) is 5.96. The summed E-state index contributed by atoms with van der Waals surface area (Å²) in [6.45, 7) is 0. The summed E-state index contributed by atoms with van der Waals surface area (Å²) >= 11 is 5.67. The van der Waals surface area contributed by atoms with Gasteiger partial charge < -0.3 is 5.11 Å². The third-order valence-electron chi connectivity index (χ3n) is 3.01. The molecule has 96 valence electrons. The molecule has 1 fully saturated rings. The molecule has 0 saturated heterocycles. The quantitative estimate of drug-likeness (QED) is 0.813. The van der Waals surface area contributed by atoms with Crippen LogP contribution in [0.3, 0.4) is 0 Å². The summed E-state index contributed by atoms with van der Waals surface area (Å²) in [4.78, 5) is 30.4. The van der Waals surface area contributed by atoms with E-state index in [2.05, 4.69) is 15.3 Å². The Bertz CT molecular complexity index is 480. The largest absolute Gasteiger partial charge is 0.481 e. The number of nitrogens with zero attached hydrogens (tertiary/aromatic N) is 2. The molecule has 0 bridgehead atoms. The van der Waals surface area contributed by atoms with Gasteiger partial charge in [-0.25, -0.2) is 9.97 Å². The molecule has 0 aromatic carbocycles. The van der Waals surface area contributed by atoms with Gasteiger partial charge in [-0.05, 0) is 25.3 Å². The number of amides is 1. The zero-order valence-corrected chi connectivity index (χ0v) is 10.2. The minimum atomic E-state index is -0.843. The third kappa shape index (κ3) is 2.95. The lowest BCUT2D eigenvalue weighted by atomic mass is 10.0. The molecule has 0 radical (unpaired) electrons. The molecule has 7 heteroatoms. The molecule has 18 heavy (non-hydrogen) atoms. The Labute approximate surface area is 108 Å². The normalized spacial score (nSPS) is 22.7. The predicted octanol–water partition coefficient (Wildman–Crippen LogP) is 1.57. The van der Waals surface area contributed by atoms with Gasteiger partial charge in [-0.3, -0.25) is 14.9 Å². The maximum absolute atomic E-state index is 11.9. The molecule has 2 rings (SSSR count). The highest BCUT2D eigenvalue weighted by atomic mass is 35.5. The SMILES string of the molecule is O=C(O)[C@H]1CC[C@@H](C(=O)Nc2nccc(Cl)n2)C1. The zero-order valence-electron chi connectivity index (χ0n) is 9.47. The Hall–Kier alpha value is -1.69. The number of hydrogen-bond donors (Lipinski definition) is 2. The third-order valence-corrected chi connectivity index (χ3v) is 3.22. The van der Waals surface area contributed by atoms with Crippen LogP contribution in [0.1, 0.15) is 19.3 Å². The molecule has 0 spiro atoms. The number of aliphatic carboxylic acids is 1. The van der Waals surface area contributed by atoms with Crippen molar-refractivity contribution in [2.45, 2.75) is 19.3 Å². The van der Waals surface area contributed by atoms with Gasteiger partial charge in [-0.1, -0.05) is 11.6 Å². The average Bonchev–Trinajstić information content (AvgIpc) is 2.78. The number of carbonyl (C=O) groups excluding carboxylic acids is 1. The maximum Gasteiger partial charge on any atom is 0.306 e. The fraction of sp³-hybridized carbons (Fsp3) is 0.455. The number of aromatic nitrogens is 2. The Morgan fingerprint density at radius 1 is 1.39 bits per heavy atom. The van der Waals surface area contributed by atoms with Gasteiger partial charge >= 0.3 is 5.97 Å². The van der Waals surface area contributed by atoms with E-state index in [9.17, 15) is 9.59 Å². The van der Waals surface area contributed by atoms with E-state index in [1.807, 2.05) is 0 Å². The molecule has 2 atom stereocenters. The molecule has 0 aliphatic heterocycles. The fourth-order valence-corrected chi connectivity index (χ4v) is 2.19. The van der Waals surface area contributed by atoms with Gasteiger partial charge in [0.1, 0.15) is 5.15 Å². The topological polar surface area (TPSA) is 92.2 Å². The Balaban J connectivity index is 1.95. The van der Waals surface area contributed by atoms with Crippen LogP contribution in [0, 0.1) is 11.8 Å². The minimum Gasteiger partial charge on any atom is -0.481 e. The first-order valence-electron chi connectivity index (χ1n) is 5.58. The number of nitrogens with one attached hydrogen (secondary N) is 1. The maximum atomic E-state index is 11.9. The van der Waals surface area contributed by atoms with Gasteiger partial charge in [0.05, 0.1) is 5.92 Å². The summed E-state index contributed by atoms with van der Waals surface area (Å²) < 4.78 is 0. The average molecular weight is 270 g/mol. The molecule has 1 saturated carbocycles. The van der Waals surface area contributed by atoms with Crippen LogP contribution in [0.25, 0.3) is 0 Å². The predicted molar refractivity (Wildman–Crippen MR) is 64.1 cm³/mol. The summed E-state index contributed by atoms with van der Waals surface area (Å²) in [6.07, 6.45) is 2.91. The number of carboxylic acids is 1. The van der Waals surface area contributed by atoms with Gasteiger partial charge in [0, 0.05) is 12.1 Å². The van der Waals surface area contributed by atoms with E-state index in [1.54, 1.807) is 0 Å². The van der Waals surface area contributed by atoms with Crippen molar-refractivity contribution < 1.29 is 14.7 Å². The smallest absolute Gasteiger partial charge is 0.306 e. The fourth-order valence-electron chi connectivity index (χ4n) is 2.05. The molecule has 2 N–H and O–H groups in total. The minimum absolute atomic E-state index is 0.145. The van der Waals surface area contributed by atoms with Crippen LogP contribution in [0.5, 0.6) is 0 Å². The van der Waals surface area contributed by atoms with E-state index in [1.165, 1.54) is 12.3 Å². The molecule has 1 aliphatic rings. The van der Waals surface area contributed by atoms with Crippen LogP contribution >= 0.6 is 11.6 Å². The van der Waals surface area contributed by atoms with Crippen LogP contribution in [-0.4, -0.2) is 27.0 Å². The summed E-state index contributed by atoms with van der Waals surface area (Å²) in [5, 5.41) is 11.7. The Morgan fingerprint density at radius 2 is 2.11 bits per heavy atom. The second kappa shape index (κ2) is 5.30. The number of hydrogen-bond acceptors (Lipinski definition) is 4. The monoisotopic (exact) mass is 269 g/mol. The Morgan fingerprint density at radius 3 is 2.72 bits per heavy atom. The van der Waals surface area contributed by atoms with E-state index in [-0.39, 0.29) is 22.9 Å². The number of carboxylic acid groups (broad SMARTS) is 1. The van der Waals surface area contributed by atoms with E-state index in [0.717, 1.165) is 0 Å². The summed E-state index contributed by atoms with van der Waals surface area (Å²) in [5.74, 6) is -1.67. The standard InChI is InChI=1S/C11H12ClN3O3/c12-8-3-4-13-11(14-8)15-9(16)6-1-2-7(5-6)10(17)18/h3-4,6-7H,1-2,5H2,(H,17,18)(H,13,14,15,16)/t6-,7+/m1/s1. The molecule has 1 aliphatic carbocycles. The van der Waals surface area contributed by atoms with Gasteiger partial charge in [-0.2, -0.15) is 0 Å². The molecule has 1 aromatic heterocycles. The Kier molecular flexibility index (Phi) is 3.76. The summed E-state index contributed by atoms with van der Waals surface area (Å²) in [5.41, 5.74) is 0. The van der Waals surface area contributed by atoms with Crippen molar-refractivity contribution in [1.82, 2.24) is 9.97 Å². The molecule has 6 nitrogen and oxygen atoms in total. The van der Waals surface area contributed by atoms with Crippen molar-refractivity contribution in [1.29, 1.82) is 0 Å². The first kappa shape index (κ1) is 12.8. The van der Waals surface area contributed by atoms with Gasteiger partial charge in [0.15, 0.2) is 0 Å². The van der Waals surface area contributed by atoms with Gasteiger partial charge in [0.2, 0.25) is 11.9 Å². The lowest BCUT2D eigenvalue weighted by Gasteiger charge is -2.09. The summed E-state index contributed by atoms with van der Waals surface area (Å²) in [7, 11) is 0. The van der Waals surface area contributed by atoms with Crippen LogP contribution in [0.4, 0.5) is 5.95 Å². The number of carbonyl (C=O) groups is 2. The second-order valence-electron chi connectivity index (χ2n) is 4.24. The molecule has 1 amide bonds. The van der Waals surface area contributed by atoms with Crippen LogP contribution in [0.15, 0.2) is 12.3 Å². The summed E-state index contributed by atoms with van der Waals surface area (Å²) in [6, 6.07) is 1.51. The number of rotatable bonds is 3. The van der Waals surface area contributed by atoms with Crippen LogP contribution in [-0.2, 0) is 9.59 Å². The van der Waals surface area contributed by atoms with E-state index >= 15 is 0 Å². The zero-order chi connectivity index (χ0) is 13.1. The van der Waals surface area contributed by atoms with Crippen molar-refractivity contribution in [2.75, 3.05) is 5.32 Å².